The van der Waals surface area contributed by atoms with E-state index in [4.69, 9.17) is 0 Å². The smallest absolute Gasteiger partial charge is 0.211 e. The van der Waals surface area contributed by atoms with Gasteiger partial charge in [-0.05, 0) is 13.3 Å². The van der Waals surface area contributed by atoms with Gasteiger partial charge in [0.15, 0.2) is 5.96 Å². The number of sulfonamides is 1. The lowest BCUT2D eigenvalue weighted by atomic mass is 10.4. The zero-order chi connectivity index (χ0) is 17.3. The lowest BCUT2D eigenvalue weighted by Gasteiger charge is -2.18. The molecular formula is C14H27N5O2S2. The lowest BCUT2D eigenvalue weighted by Crippen LogP contribution is -2.40. The number of nitrogens with one attached hydrogen (secondary N) is 2. The second-order valence-electron chi connectivity index (χ2n) is 5.15. The molecule has 2 N–H and O–H groups in total. The van der Waals surface area contributed by atoms with Crippen molar-refractivity contribution in [3.63, 3.8) is 0 Å². The Labute approximate surface area is 143 Å². The van der Waals surface area contributed by atoms with Gasteiger partial charge in [0.1, 0.15) is 0 Å². The number of rotatable bonds is 9. The topological polar surface area (TPSA) is 86.7 Å². The molecule has 0 saturated heterocycles. The standard InChI is InChI=1S/C14H27N5O2S2/c1-5-19(23(4,20)21)10-6-8-16-14(15-3)17-9-7-13-18-11-12(2)22-13/h11H,5-10H2,1-4H3,(H2,15,16,17). The third-order valence-electron chi connectivity index (χ3n) is 3.22. The van der Waals surface area contributed by atoms with Crippen LogP contribution >= 0.6 is 11.3 Å². The molecule has 0 saturated carbocycles. The van der Waals surface area contributed by atoms with Crippen molar-refractivity contribution < 1.29 is 8.42 Å². The molecule has 1 aromatic rings. The van der Waals surface area contributed by atoms with Crippen LogP contribution in [0.5, 0.6) is 0 Å². The molecule has 1 aromatic heterocycles. The maximum atomic E-state index is 11.5. The second-order valence-corrected chi connectivity index (χ2v) is 8.45. The van der Waals surface area contributed by atoms with Crippen LogP contribution in [0.2, 0.25) is 0 Å². The van der Waals surface area contributed by atoms with Crippen LogP contribution < -0.4 is 10.6 Å². The maximum absolute atomic E-state index is 11.5. The van der Waals surface area contributed by atoms with Gasteiger partial charge in [-0.15, -0.1) is 11.3 Å². The molecule has 0 spiro atoms. The highest BCUT2D eigenvalue weighted by Crippen LogP contribution is 2.10. The molecule has 132 valence electrons. The van der Waals surface area contributed by atoms with Crippen LogP contribution in [0.25, 0.3) is 0 Å². The quantitative estimate of drug-likeness (QED) is 0.386. The predicted molar refractivity (Wildman–Crippen MR) is 96.6 cm³/mol. The SMILES string of the molecule is CCN(CCCNC(=NC)NCCc1ncc(C)s1)S(C)(=O)=O. The molecular weight excluding hydrogens is 334 g/mol. The number of hydrogen-bond acceptors (Lipinski definition) is 5. The molecule has 7 nitrogen and oxygen atoms in total. The van der Waals surface area contributed by atoms with E-state index >= 15 is 0 Å². The third-order valence-corrected chi connectivity index (χ3v) is 5.57. The summed E-state index contributed by atoms with van der Waals surface area (Å²) in [5.74, 6) is 0.723. The van der Waals surface area contributed by atoms with E-state index in [0.29, 0.717) is 19.6 Å². The van der Waals surface area contributed by atoms with Crippen LogP contribution in [0, 0.1) is 6.92 Å². The van der Waals surface area contributed by atoms with Gasteiger partial charge in [0, 0.05) is 50.7 Å². The molecule has 0 fully saturated rings. The van der Waals surface area contributed by atoms with E-state index in [0.717, 1.165) is 30.4 Å². The minimum atomic E-state index is -3.11. The summed E-state index contributed by atoms with van der Waals surface area (Å²) in [6.45, 7) is 6.33. The average molecular weight is 362 g/mol. The van der Waals surface area contributed by atoms with Crippen LogP contribution in [0.4, 0.5) is 0 Å². The fourth-order valence-electron chi connectivity index (χ4n) is 2.05. The Morgan fingerprint density at radius 3 is 2.61 bits per heavy atom. The first-order valence-electron chi connectivity index (χ1n) is 7.67. The molecule has 0 aliphatic heterocycles. The van der Waals surface area contributed by atoms with Crippen molar-refractivity contribution in [3.05, 3.63) is 16.1 Å². The van der Waals surface area contributed by atoms with E-state index in [2.05, 4.69) is 20.6 Å². The largest absolute Gasteiger partial charge is 0.356 e. The first-order valence-corrected chi connectivity index (χ1v) is 10.3. The molecule has 0 aliphatic carbocycles. The van der Waals surface area contributed by atoms with Crippen LogP contribution in [-0.2, 0) is 16.4 Å². The van der Waals surface area contributed by atoms with E-state index in [1.807, 2.05) is 20.0 Å². The number of guanidine groups is 1. The highest BCUT2D eigenvalue weighted by molar-refractivity contribution is 7.88. The van der Waals surface area contributed by atoms with Crippen molar-refractivity contribution >= 4 is 27.3 Å². The zero-order valence-corrected chi connectivity index (χ0v) is 15.9. The summed E-state index contributed by atoms with van der Waals surface area (Å²) in [5, 5.41) is 7.53. The minimum Gasteiger partial charge on any atom is -0.356 e. The number of aromatic nitrogens is 1. The van der Waals surface area contributed by atoms with E-state index in [1.165, 1.54) is 15.4 Å². The first kappa shape index (κ1) is 19.9. The Morgan fingerprint density at radius 1 is 1.39 bits per heavy atom. The number of nitrogens with zero attached hydrogens (tertiary/aromatic N) is 3. The zero-order valence-electron chi connectivity index (χ0n) is 14.3. The van der Waals surface area contributed by atoms with E-state index in [9.17, 15) is 8.42 Å². The molecule has 23 heavy (non-hydrogen) atoms. The minimum absolute atomic E-state index is 0.499. The molecule has 0 aromatic carbocycles. The van der Waals surface area contributed by atoms with Crippen LogP contribution in [0.1, 0.15) is 23.2 Å². The lowest BCUT2D eigenvalue weighted by molar-refractivity contribution is 0.424. The van der Waals surface area contributed by atoms with Gasteiger partial charge >= 0.3 is 0 Å². The Kier molecular flexibility index (Phi) is 8.49. The van der Waals surface area contributed by atoms with Gasteiger partial charge < -0.3 is 10.6 Å². The van der Waals surface area contributed by atoms with Crippen molar-refractivity contribution in [1.82, 2.24) is 19.9 Å². The molecule has 0 atom stereocenters. The molecule has 0 aliphatic rings. The van der Waals surface area contributed by atoms with Crippen molar-refractivity contribution in [2.45, 2.75) is 26.7 Å². The highest BCUT2D eigenvalue weighted by atomic mass is 32.2. The van der Waals surface area contributed by atoms with Gasteiger partial charge in [0.2, 0.25) is 10.0 Å². The van der Waals surface area contributed by atoms with Gasteiger partial charge in [-0.3, -0.25) is 4.99 Å². The summed E-state index contributed by atoms with van der Waals surface area (Å²) in [6, 6.07) is 0. The van der Waals surface area contributed by atoms with Crippen molar-refractivity contribution in [2.24, 2.45) is 4.99 Å². The van der Waals surface area contributed by atoms with Gasteiger partial charge in [-0.25, -0.2) is 17.7 Å². The maximum Gasteiger partial charge on any atom is 0.211 e. The first-order chi connectivity index (χ1) is 10.9. The third kappa shape index (κ3) is 7.76. The molecule has 1 rings (SSSR count). The van der Waals surface area contributed by atoms with Crippen molar-refractivity contribution in [1.29, 1.82) is 0 Å². The summed E-state index contributed by atoms with van der Waals surface area (Å²) < 4.78 is 24.4. The summed E-state index contributed by atoms with van der Waals surface area (Å²) in [6.07, 6.45) is 4.71. The number of aliphatic imine (C=N–C) groups is 1. The Morgan fingerprint density at radius 2 is 2.09 bits per heavy atom. The summed E-state index contributed by atoms with van der Waals surface area (Å²) in [7, 11) is -1.39. The summed E-state index contributed by atoms with van der Waals surface area (Å²) in [5.41, 5.74) is 0. The molecule has 0 amide bonds. The summed E-state index contributed by atoms with van der Waals surface area (Å²) >= 11 is 1.70. The summed E-state index contributed by atoms with van der Waals surface area (Å²) in [4.78, 5) is 9.69. The monoisotopic (exact) mass is 361 g/mol. The van der Waals surface area contributed by atoms with E-state index in [1.54, 1.807) is 18.4 Å². The van der Waals surface area contributed by atoms with Crippen molar-refractivity contribution in [3.8, 4) is 0 Å². The van der Waals surface area contributed by atoms with E-state index in [-0.39, 0.29) is 0 Å². The Balaban J connectivity index is 2.24. The normalized spacial score (nSPS) is 12.7. The van der Waals surface area contributed by atoms with Crippen LogP contribution in [0.15, 0.2) is 11.2 Å². The molecule has 0 radical (unpaired) electrons. The molecule has 1 heterocycles. The van der Waals surface area contributed by atoms with Gasteiger partial charge in [0.05, 0.1) is 11.3 Å². The van der Waals surface area contributed by atoms with Gasteiger partial charge in [0.25, 0.3) is 0 Å². The van der Waals surface area contributed by atoms with Crippen LogP contribution in [0.3, 0.4) is 0 Å². The van der Waals surface area contributed by atoms with Crippen LogP contribution in [-0.4, -0.2) is 63.1 Å². The highest BCUT2D eigenvalue weighted by Gasteiger charge is 2.13. The number of thiazole rings is 1. The fourth-order valence-corrected chi connectivity index (χ4v) is 3.76. The number of aryl methyl sites for hydroxylation is 1. The van der Waals surface area contributed by atoms with Crippen molar-refractivity contribution in [2.75, 3.05) is 39.5 Å². The Hall–Kier alpha value is -1.19. The Bertz CT molecular complexity index is 598. The number of hydrogen-bond donors (Lipinski definition) is 2. The van der Waals surface area contributed by atoms with Gasteiger partial charge in [-0.2, -0.15) is 0 Å². The molecule has 0 unspecified atom stereocenters. The fraction of sp³-hybridized carbons (Fsp3) is 0.714. The predicted octanol–water partition coefficient (Wildman–Crippen LogP) is 0.831. The van der Waals surface area contributed by atoms with Gasteiger partial charge in [-0.1, -0.05) is 6.92 Å². The molecule has 0 bridgehead atoms. The molecule has 9 heteroatoms. The average Bonchev–Trinajstić information content (AvgIpc) is 2.89. The second kappa shape index (κ2) is 9.84. The van der Waals surface area contributed by atoms with E-state index < -0.39 is 10.0 Å².